The number of rotatable bonds is 12. The smallest absolute Gasteiger partial charge is 0.377 e. The Morgan fingerprint density at radius 1 is 1.08 bits per heavy atom. The van der Waals surface area contributed by atoms with Gasteiger partial charge in [-0.05, 0) is 12.0 Å². The molecular formula is C17H31ClN2O3Si. The van der Waals surface area contributed by atoms with Crippen LogP contribution in [0.3, 0.4) is 0 Å². The molecule has 0 bridgehead atoms. The van der Waals surface area contributed by atoms with E-state index >= 15 is 0 Å². The summed E-state index contributed by atoms with van der Waals surface area (Å²) in [6.07, 6.45) is 2.82. The normalized spacial score (nSPS) is 11.2. The molecule has 0 aromatic heterocycles. The van der Waals surface area contributed by atoms with Gasteiger partial charge in [-0.3, -0.25) is 0 Å². The average Bonchev–Trinajstić information content (AvgIpc) is 2.62. The van der Waals surface area contributed by atoms with Gasteiger partial charge in [0.25, 0.3) is 0 Å². The highest BCUT2D eigenvalue weighted by atomic mass is 35.5. The predicted octanol–water partition coefficient (Wildman–Crippen LogP) is 3.56. The van der Waals surface area contributed by atoms with Crippen LogP contribution in [0.25, 0.3) is 0 Å². The van der Waals surface area contributed by atoms with Gasteiger partial charge >= 0.3 is 8.80 Å². The monoisotopic (exact) mass is 374 g/mol. The fourth-order valence-corrected chi connectivity index (χ4v) is 4.26. The number of hydrogen-bond donors (Lipinski definition) is 0. The zero-order valence-electron chi connectivity index (χ0n) is 15.2. The van der Waals surface area contributed by atoms with Crippen LogP contribution in [0.5, 0.6) is 0 Å². The SMILES string of the molecule is C=CN(Cc1ccccc1)N(CC)CCC[Si](OC)(OC)OC.Cl. The van der Waals surface area contributed by atoms with Gasteiger partial charge in [-0.2, -0.15) is 0 Å². The number of halogens is 1. The summed E-state index contributed by atoms with van der Waals surface area (Å²) in [6.45, 7) is 8.74. The van der Waals surface area contributed by atoms with E-state index < -0.39 is 8.80 Å². The quantitative estimate of drug-likeness (QED) is 0.413. The summed E-state index contributed by atoms with van der Waals surface area (Å²) >= 11 is 0. The summed E-state index contributed by atoms with van der Waals surface area (Å²) in [5.41, 5.74) is 1.26. The molecule has 0 radical (unpaired) electrons. The summed E-state index contributed by atoms with van der Waals surface area (Å²) in [4.78, 5) is 0. The van der Waals surface area contributed by atoms with Gasteiger partial charge in [-0.15, -0.1) is 12.4 Å². The van der Waals surface area contributed by atoms with Crippen molar-refractivity contribution < 1.29 is 13.3 Å². The number of nitrogens with zero attached hydrogens (tertiary/aromatic N) is 2. The standard InChI is InChI=1S/C17H30N2O3Si.ClH/c1-6-18(14-11-15-23(20-3,21-4)22-5)19(7-2)16-17-12-9-8-10-13-17;/h7-10,12-13H,2,6,11,14-16H2,1,3-5H3;1H. The van der Waals surface area contributed by atoms with Gasteiger partial charge in [0.15, 0.2) is 0 Å². The molecule has 0 aliphatic carbocycles. The first-order valence-electron chi connectivity index (χ1n) is 7.98. The van der Waals surface area contributed by atoms with Gasteiger partial charge in [-0.25, -0.2) is 5.01 Å². The van der Waals surface area contributed by atoms with Crippen molar-refractivity contribution in [3.63, 3.8) is 0 Å². The molecule has 1 rings (SSSR count). The molecule has 5 nitrogen and oxygen atoms in total. The van der Waals surface area contributed by atoms with E-state index in [2.05, 4.69) is 47.8 Å². The molecular weight excluding hydrogens is 344 g/mol. The van der Waals surface area contributed by atoms with E-state index in [0.717, 1.165) is 32.1 Å². The van der Waals surface area contributed by atoms with Crippen molar-refractivity contribution in [1.82, 2.24) is 10.0 Å². The van der Waals surface area contributed by atoms with Gasteiger partial charge < -0.3 is 18.3 Å². The molecule has 138 valence electrons. The van der Waals surface area contributed by atoms with Crippen molar-refractivity contribution in [3.05, 3.63) is 48.7 Å². The number of benzene rings is 1. The van der Waals surface area contributed by atoms with Gasteiger partial charge in [0.2, 0.25) is 0 Å². The Labute approximate surface area is 153 Å². The Morgan fingerprint density at radius 3 is 2.12 bits per heavy atom. The molecule has 0 spiro atoms. The maximum atomic E-state index is 5.48. The van der Waals surface area contributed by atoms with E-state index in [0.29, 0.717) is 0 Å². The van der Waals surface area contributed by atoms with Crippen molar-refractivity contribution in [1.29, 1.82) is 0 Å². The third-order valence-corrected chi connectivity index (χ3v) is 6.79. The van der Waals surface area contributed by atoms with Crippen molar-refractivity contribution in [2.75, 3.05) is 34.4 Å². The van der Waals surface area contributed by atoms with Crippen LogP contribution in [0, 0.1) is 0 Å². The zero-order chi connectivity index (χ0) is 17.1. The Balaban J connectivity index is 0.00000529. The second kappa shape index (κ2) is 12.5. The highest BCUT2D eigenvalue weighted by molar-refractivity contribution is 6.60. The van der Waals surface area contributed by atoms with Crippen LogP contribution in [0.1, 0.15) is 18.9 Å². The van der Waals surface area contributed by atoms with Crippen molar-refractivity contribution >= 4 is 21.2 Å². The number of hydrogen-bond acceptors (Lipinski definition) is 5. The van der Waals surface area contributed by atoms with Gasteiger partial charge in [-0.1, -0.05) is 43.8 Å². The minimum absolute atomic E-state index is 0. The fourth-order valence-electron chi connectivity index (χ4n) is 2.55. The van der Waals surface area contributed by atoms with E-state index in [1.165, 1.54) is 5.56 Å². The highest BCUT2D eigenvalue weighted by Gasteiger charge is 2.37. The van der Waals surface area contributed by atoms with Crippen LogP contribution in [0.4, 0.5) is 0 Å². The summed E-state index contributed by atoms with van der Waals surface area (Å²) in [5.74, 6) is 0. The third kappa shape index (κ3) is 6.92. The molecule has 0 aliphatic heterocycles. The average molecular weight is 375 g/mol. The van der Waals surface area contributed by atoms with Crippen LogP contribution in [0.2, 0.25) is 6.04 Å². The first kappa shape index (κ1) is 23.1. The Morgan fingerprint density at radius 2 is 1.67 bits per heavy atom. The maximum absolute atomic E-state index is 5.48. The Kier molecular flexibility index (Phi) is 12.0. The predicted molar refractivity (Wildman–Crippen MR) is 103 cm³/mol. The van der Waals surface area contributed by atoms with Gasteiger partial charge in [0.1, 0.15) is 0 Å². The maximum Gasteiger partial charge on any atom is 0.500 e. The molecule has 1 aromatic rings. The lowest BCUT2D eigenvalue weighted by atomic mass is 10.2. The third-order valence-electron chi connectivity index (χ3n) is 3.96. The van der Waals surface area contributed by atoms with E-state index in [-0.39, 0.29) is 12.4 Å². The minimum atomic E-state index is -2.49. The van der Waals surface area contributed by atoms with Gasteiger partial charge in [0.05, 0.1) is 6.54 Å². The van der Waals surface area contributed by atoms with Crippen molar-refractivity contribution in [2.45, 2.75) is 25.9 Å². The minimum Gasteiger partial charge on any atom is -0.377 e. The summed E-state index contributed by atoms with van der Waals surface area (Å²) in [7, 11) is 2.48. The molecule has 0 saturated carbocycles. The van der Waals surface area contributed by atoms with E-state index in [9.17, 15) is 0 Å². The van der Waals surface area contributed by atoms with Crippen LogP contribution in [-0.2, 0) is 19.8 Å². The molecule has 0 N–H and O–H groups in total. The molecule has 0 amide bonds. The fraction of sp³-hybridized carbons (Fsp3) is 0.529. The second-order valence-corrected chi connectivity index (χ2v) is 8.30. The molecule has 0 fully saturated rings. The summed E-state index contributed by atoms with van der Waals surface area (Å²) < 4.78 is 16.4. The van der Waals surface area contributed by atoms with Crippen molar-refractivity contribution in [3.8, 4) is 0 Å². The topological polar surface area (TPSA) is 34.2 Å². The first-order valence-corrected chi connectivity index (χ1v) is 9.91. The van der Waals surface area contributed by atoms with Crippen LogP contribution < -0.4 is 0 Å². The molecule has 24 heavy (non-hydrogen) atoms. The lowest BCUT2D eigenvalue weighted by Gasteiger charge is -2.34. The lowest BCUT2D eigenvalue weighted by Crippen LogP contribution is -2.44. The van der Waals surface area contributed by atoms with Crippen LogP contribution in [0.15, 0.2) is 43.1 Å². The second-order valence-electron chi connectivity index (χ2n) is 5.21. The molecule has 7 heteroatoms. The van der Waals surface area contributed by atoms with Crippen LogP contribution >= 0.6 is 12.4 Å². The first-order chi connectivity index (χ1) is 11.1. The number of hydrazine groups is 1. The molecule has 0 heterocycles. The highest BCUT2D eigenvalue weighted by Crippen LogP contribution is 2.16. The molecule has 0 aliphatic rings. The lowest BCUT2D eigenvalue weighted by molar-refractivity contribution is 0.0180. The van der Waals surface area contributed by atoms with Crippen LogP contribution in [-0.4, -0.2) is 53.2 Å². The Hall–Kier alpha value is -0.893. The van der Waals surface area contributed by atoms with Crippen molar-refractivity contribution in [2.24, 2.45) is 0 Å². The van der Waals surface area contributed by atoms with Gasteiger partial charge in [0, 0.05) is 46.7 Å². The largest absolute Gasteiger partial charge is 0.500 e. The Bertz CT molecular complexity index is 438. The van der Waals surface area contributed by atoms with E-state index in [1.807, 2.05) is 12.3 Å². The molecule has 1 aromatic carbocycles. The molecule has 0 atom stereocenters. The summed E-state index contributed by atoms with van der Waals surface area (Å²) in [5, 5.41) is 4.44. The van der Waals surface area contributed by atoms with E-state index in [4.69, 9.17) is 13.3 Å². The zero-order valence-corrected chi connectivity index (χ0v) is 17.1. The summed E-state index contributed by atoms with van der Waals surface area (Å²) in [6, 6.07) is 11.2. The molecule has 0 unspecified atom stereocenters. The van der Waals surface area contributed by atoms with E-state index in [1.54, 1.807) is 21.3 Å². The molecule has 0 saturated heterocycles.